The second kappa shape index (κ2) is 6.53. The van der Waals surface area contributed by atoms with E-state index in [2.05, 4.69) is 90.3 Å². The standard InChI is InChI=1S/C17H20IN/c1-12(2)13-7-9-14(10-8-13)17(19-3)15-5-4-6-16(18)11-15/h4-12,17,19H,1-3H3. The molecule has 1 nitrogen and oxygen atoms in total. The Labute approximate surface area is 129 Å². The fourth-order valence-corrected chi connectivity index (χ4v) is 2.85. The fraction of sp³-hybridized carbons (Fsp3) is 0.294. The van der Waals surface area contributed by atoms with Gasteiger partial charge in [0.1, 0.15) is 0 Å². The minimum atomic E-state index is 0.260. The van der Waals surface area contributed by atoms with Gasteiger partial charge in [-0.05, 0) is 64.4 Å². The van der Waals surface area contributed by atoms with Crippen LogP contribution >= 0.6 is 22.6 Å². The average Bonchev–Trinajstić information content (AvgIpc) is 2.40. The molecule has 0 aliphatic carbocycles. The Morgan fingerprint density at radius 1 is 0.895 bits per heavy atom. The van der Waals surface area contributed by atoms with E-state index in [-0.39, 0.29) is 6.04 Å². The number of hydrogen-bond donors (Lipinski definition) is 1. The summed E-state index contributed by atoms with van der Waals surface area (Å²) in [4.78, 5) is 0. The van der Waals surface area contributed by atoms with Crippen molar-refractivity contribution < 1.29 is 0 Å². The van der Waals surface area contributed by atoms with Crippen molar-refractivity contribution in [2.45, 2.75) is 25.8 Å². The van der Waals surface area contributed by atoms with Crippen molar-refractivity contribution in [2.24, 2.45) is 0 Å². The zero-order chi connectivity index (χ0) is 13.8. The van der Waals surface area contributed by atoms with Crippen molar-refractivity contribution in [3.63, 3.8) is 0 Å². The quantitative estimate of drug-likeness (QED) is 0.773. The Hall–Kier alpha value is -0.870. The summed E-state index contributed by atoms with van der Waals surface area (Å²) in [6.45, 7) is 4.45. The lowest BCUT2D eigenvalue weighted by atomic mass is 9.95. The molecule has 2 aromatic rings. The van der Waals surface area contributed by atoms with Crippen LogP contribution in [0.3, 0.4) is 0 Å². The lowest BCUT2D eigenvalue weighted by Gasteiger charge is -2.18. The topological polar surface area (TPSA) is 12.0 Å². The highest BCUT2D eigenvalue weighted by Gasteiger charge is 2.12. The first-order valence-corrected chi connectivity index (χ1v) is 7.72. The van der Waals surface area contributed by atoms with Crippen LogP contribution in [-0.4, -0.2) is 7.05 Å². The van der Waals surface area contributed by atoms with Crippen LogP contribution in [-0.2, 0) is 0 Å². The minimum absolute atomic E-state index is 0.260. The molecule has 0 saturated carbocycles. The number of benzene rings is 2. The molecule has 0 aromatic heterocycles. The third-order valence-corrected chi connectivity index (χ3v) is 4.08. The van der Waals surface area contributed by atoms with Gasteiger partial charge in [-0.2, -0.15) is 0 Å². The summed E-state index contributed by atoms with van der Waals surface area (Å²) in [6, 6.07) is 17.8. The van der Waals surface area contributed by atoms with Gasteiger partial charge >= 0.3 is 0 Å². The van der Waals surface area contributed by atoms with Crippen LogP contribution in [0.5, 0.6) is 0 Å². The molecule has 100 valence electrons. The zero-order valence-electron chi connectivity index (χ0n) is 11.7. The summed E-state index contributed by atoms with van der Waals surface area (Å²) < 4.78 is 1.27. The molecule has 0 spiro atoms. The summed E-state index contributed by atoms with van der Waals surface area (Å²) in [7, 11) is 2.01. The number of hydrogen-bond acceptors (Lipinski definition) is 1. The van der Waals surface area contributed by atoms with E-state index in [1.807, 2.05) is 7.05 Å². The van der Waals surface area contributed by atoms with Gasteiger partial charge in [-0.3, -0.25) is 0 Å². The first kappa shape index (κ1) is 14.5. The SMILES string of the molecule is CNC(c1ccc(C(C)C)cc1)c1cccc(I)c1. The Kier molecular flexibility index (Phi) is 4.99. The van der Waals surface area contributed by atoms with Gasteiger partial charge in [-0.1, -0.05) is 50.2 Å². The van der Waals surface area contributed by atoms with E-state index in [9.17, 15) is 0 Å². The largest absolute Gasteiger partial charge is 0.309 e. The van der Waals surface area contributed by atoms with Crippen LogP contribution in [0.1, 0.15) is 42.5 Å². The molecule has 0 heterocycles. The molecule has 0 bridgehead atoms. The highest BCUT2D eigenvalue weighted by molar-refractivity contribution is 14.1. The second-order valence-corrected chi connectivity index (χ2v) is 6.34. The fourth-order valence-electron chi connectivity index (χ4n) is 2.29. The normalized spacial score (nSPS) is 12.7. The van der Waals surface area contributed by atoms with Gasteiger partial charge in [0.15, 0.2) is 0 Å². The van der Waals surface area contributed by atoms with Gasteiger partial charge in [0.05, 0.1) is 6.04 Å². The highest BCUT2D eigenvalue weighted by Crippen LogP contribution is 2.25. The van der Waals surface area contributed by atoms with Crippen molar-refractivity contribution in [3.8, 4) is 0 Å². The van der Waals surface area contributed by atoms with E-state index in [1.54, 1.807) is 0 Å². The molecule has 0 saturated heterocycles. The molecule has 0 radical (unpaired) electrons. The van der Waals surface area contributed by atoms with Gasteiger partial charge in [0.25, 0.3) is 0 Å². The maximum atomic E-state index is 3.41. The lowest BCUT2D eigenvalue weighted by molar-refractivity contribution is 0.690. The number of nitrogens with one attached hydrogen (secondary N) is 1. The number of rotatable bonds is 4. The molecule has 0 aliphatic rings. The van der Waals surface area contributed by atoms with E-state index >= 15 is 0 Å². The van der Waals surface area contributed by atoms with E-state index in [0.29, 0.717) is 5.92 Å². The molecule has 0 aliphatic heterocycles. The third-order valence-electron chi connectivity index (χ3n) is 3.41. The van der Waals surface area contributed by atoms with Crippen molar-refractivity contribution in [1.82, 2.24) is 5.32 Å². The molecular weight excluding hydrogens is 345 g/mol. The molecule has 0 fully saturated rings. The number of halogens is 1. The Bertz CT molecular complexity index is 531. The molecule has 1 unspecified atom stereocenters. The lowest BCUT2D eigenvalue weighted by Crippen LogP contribution is -2.17. The Morgan fingerprint density at radius 2 is 1.53 bits per heavy atom. The first-order chi connectivity index (χ1) is 9.11. The van der Waals surface area contributed by atoms with E-state index in [0.717, 1.165) is 0 Å². The molecule has 1 atom stereocenters. The molecule has 1 N–H and O–H groups in total. The van der Waals surface area contributed by atoms with Gasteiger partial charge in [-0.15, -0.1) is 0 Å². The molecule has 2 rings (SSSR count). The van der Waals surface area contributed by atoms with Gasteiger partial charge < -0.3 is 5.32 Å². The molecular formula is C17H20IN. The van der Waals surface area contributed by atoms with Crippen LogP contribution < -0.4 is 5.32 Å². The van der Waals surface area contributed by atoms with Crippen molar-refractivity contribution in [1.29, 1.82) is 0 Å². The van der Waals surface area contributed by atoms with Gasteiger partial charge in [-0.25, -0.2) is 0 Å². The van der Waals surface area contributed by atoms with Gasteiger partial charge in [0, 0.05) is 3.57 Å². The maximum absolute atomic E-state index is 3.41. The van der Waals surface area contributed by atoms with Crippen LogP contribution in [0.2, 0.25) is 0 Å². The monoisotopic (exact) mass is 365 g/mol. The van der Waals surface area contributed by atoms with Crippen LogP contribution in [0, 0.1) is 3.57 Å². The van der Waals surface area contributed by atoms with Crippen molar-refractivity contribution in [3.05, 3.63) is 68.8 Å². The predicted octanol–water partition coefficient (Wildman–Crippen LogP) is 4.72. The van der Waals surface area contributed by atoms with Crippen molar-refractivity contribution in [2.75, 3.05) is 7.05 Å². The molecule has 2 aromatic carbocycles. The van der Waals surface area contributed by atoms with Crippen molar-refractivity contribution >= 4 is 22.6 Å². The molecule has 19 heavy (non-hydrogen) atoms. The second-order valence-electron chi connectivity index (χ2n) is 5.10. The summed E-state index contributed by atoms with van der Waals surface area (Å²) in [5.74, 6) is 0.583. The van der Waals surface area contributed by atoms with Crippen LogP contribution in [0.15, 0.2) is 48.5 Å². The summed E-state index contributed by atoms with van der Waals surface area (Å²) in [6.07, 6.45) is 0. The summed E-state index contributed by atoms with van der Waals surface area (Å²) in [5.41, 5.74) is 4.02. The van der Waals surface area contributed by atoms with Crippen LogP contribution in [0.4, 0.5) is 0 Å². The highest BCUT2D eigenvalue weighted by atomic mass is 127. The van der Waals surface area contributed by atoms with E-state index in [1.165, 1.54) is 20.3 Å². The Morgan fingerprint density at radius 3 is 2.05 bits per heavy atom. The molecule has 2 heteroatoms. The Balaban J connectivity index is 2.31. The van der Waals surface area contributed by atoms with E-state index in [4.69, 9.17) is 0 Å². The zero-order valence-corrected chi connectivity index (χ0v) is 13.8. The average molecular weight is 365 g/mol. The first-order valence-electron chi connectivity index (χ1n) is 6.64. The predicted molar refractivity (Wildman–Crippen MR) is 90.6 cm³/mol. The van der Waals surface area contributed by atoms with Gasteiger partial charge in [0.2, 0.25) is 0 Å². The third kappa shape index (κ3) is 3.57. The van der Waals surface area contributed by atoms with Crippen LogP contribution in [0.25, 0.3) is 0 Å². The summed E-state index contributed by atoms with van der Waals surface area (Å²) in [5, 5.41) is 3.41. The smallest absolute Gasteiger partial charge is 0.0574 e. The van der Waals surface area contributed by atoms with E-state index < -0.39 is 0 Å². The summed E-state index contributed by atoms with van der Waals surface area (Å²) >= 11 is 2.36. The molecule has 0 amide bonds. The maximum Gasteiger partial charge on any atom is 0.0574 e. The minimum Gasteiger partial charge on any atom is -0.309 e.